The van der Waals surface area contributed by atoms with E-state index in [1.54, 1.807) is 30.3 Å². The predicted octanol–water partition coefficient (Wildman–Crippen LogP) is 3.61. The van der Waals surface area contributed by atoms with Crippen LogP contribution in [0.25, 0.3) is 0 Å². The average Bonchev–Trinajstić information content (AvgIpc) is 2.89. The molecule has 3 aromatic rings. The molecule has 0 bridgehead atoms. The van der Waals surface area contributed by atoms with Crippen LogP contribution in [0.3, 0.4) is 0 Å². The number of halogens is 1. The summed E-state index contributed by atoms with van der Waals surface area (Å²) in [4.78, 5) is 23.0. The minimum Gasteiger partial charge on any atom is -0.493 e. The zero-order valence-electron chi connectivity index (χ0n) is 19.8. The van der Waals surface area contributed by atoms with Crippen molar-refractivity contribution in [3.8, 4) is 11.5 Å². The Hall–Kier alpha value is -4.00. The number of amides is 1. The molecule has 194 valence electrons. The van der Waals surface area contributed by atoms with Gasteiger partial charge in [-0.2, -0.15) is 9.41 Å². The summed E-state index contributed by atoms with van der Waals surface area (Å²) in [5.41, 5.74) is 2.90. The van der Waals surface area contributed by atoms with Gasteiger partial charge in [0.15, 0.2) is 11.5 Å². The van der Waals surface area contributed by atoms with Crippen LogP contribution in [-0.2, 0) is 21.4 Å². The summed E-state index contributed by atoms with van der Waals surface area (Å²) < 4.78 is 38.4. The molecule has 0 radical (unpaired) electrons. The van der Waals surface area contributed by atoms with Crippen LogP contribution in [0.2, 0.25) is 5.02 Å². The van der Waals surface area contributed by atoms with Crippen LogP contribution in [0.5, 0.6) is 11.5 Å². The van der Waals surface area contributed by atoms with Gasteiger partial charge < -0.3 is 9.47 Å². The lowest BCUT2D eigenvalue weighted by Gasteiger charge is -2.22. The van der Waals surface area contributed by atoms with E-state index in [-0.39, 0.29) is 33.5 Å². The van der Waals surface area contributed by atoms with Gasteiger partial charge in [-0.15, -0.1) is 0 Å². The Labute approximate surface area is 218 Å². The number of benzene rings is 3. The van der Waals surface area contributed by atoms with Crippen LogP contribution >= 0.6 is 11.6 Å². The van der Waals surface area contributed by atoms with Crippen LogP contribution in [0.4, 0.5) is 5.69 Å². The first-order chi connectivity index (χ1) is 17.6. The largest absolute Gasteiger partial charge is 0.493 e. The maximum atomic E-state index is 13.5. The summed E-state index contributed by atoms with van der Waals surface area (Å²) in [6.45, 7) is -0.656. The maximum Gasteiger partial charge on any atom is 0.270 e. The number of nitro benzene ring substituents is 1. The lowest BCUT2D eigenvalue weighted by atomic mass is 10.2. The van der Waals surface area contributed by atoms with E-state index in [1.807, 2.05) is 0 Å². The first-order valence-corrected chi connectivity index (χ1v) is 12.5. The SMILES string of the molecule is COc1ccc(S(=O)(=O)N(CC(=O)N/N=C\c2cc([N+](=O)[O-])ccc2Cl)Cc2ccccc2)cc1OC. The standard InChI is InChI=1S/C24H23ClN4O7S/c1-35-22-11-9-20(13-23(22)36-2)37(33,34)28(15-17-6-4-3-5-7-17)16-24(30)27-26-14-18-12-19(29(31)32)8-10-21(18)25/h3-14H,15-16H2,1-2H3,(H,27,30)/b26-14-. The molecule has 0 aliphatic rings. The van der Waals surface area contributed by atoms with Gasteiger partial charge in [0.25, 0.3) is 11.6 Å². The fraction of sp³-hybridized carbons (Fsp3) is 0.167. The highest BCUT2D eigenvalue weighted by molar-refractivity contribution is 7.89. The number of hydrazone groups is 1. The monoisotopic (exact) mass is 546 g/mol. The molecule has 37 heavy (non-hydrogen) atoms. The fourth-order valence-corrected chi connectivity index (χ4v) is 4.82. The molecule has 3 rings (SSSR count). The highest BCUT2D eigenvalue weighted by Gasteiger charge is 2.28. The molecule has 11 nitrogen and oxygen atoms in total. The zero-order chi connectivity index (χ0) is 27.0. The fourth-order valence-electron chi connectivity index (χ4n) is 3.25. The van der Waals surface area contributed by atoms with Gasteiger partial charge in [-0.05, 0) is 23.8 Å². The Morgan fingerprint density at radius 1 is 1.08 bits per heavy atom. The lowest BCUT2D eigenvalue weighted by molar-refractivity contribution is -0.384. The van der Waals surface area contributed by atoms with E-state index in [2.05, 4.69) is 10.5 Å². The third kappa shape index (κ3) is 7.03. The predicted molar refractivity (Wildman–Crippen MR) is 137 cm³/mol. The van der Waals surface area contributed by atoms with E-state index in [0.29, 0.717) is 11.3 Å². The van der Waals surface area contributed by atoms with E-state index in [4.69, 9.17) is 21.1 Å². The minimum absolute atomic E-state index is 0.0919. The van der Waals surface area contributed by atoms with Crippen molar-refractivity contribution in [1.82, 2.24) is 9.73 Å². The number of ether oxygens (including phenoxy) is 2. The van der Waals surface area contributed by atoms with Crippen LogP contribution in [0.15, 0.2) is 76.7 Å². The number of rotatable bonds is 11. The molecule has 0 fully saturated rings. The van der Waals surface area contributed by atoms with E-state index in [1.165, 1.54) is 50.6 Å². The van der Waals surface area contributed by atoms with Gasteiger partial charge in [-0.1, -0.05) is 41.9 Å². The number of hydrogen-bond acceptors (Lipinski definition) is 8. The molecule has 0 heterocycles. The number of methoxy groups -OCH3 is 2. The number of non-ortho nitro benzene ring substituents is 1. The first kappa shape index (κ1) is 27.6. The molecule has 0 aliphatic heterocycles. The van der Waals surface area contributed by atoms with Gasteiger partial charge >= 0.3 is 0 Å². The topological polar surface area (TPSA) is 140 Å². The summed E-state index contributed by atoms with van der Waals surface area (Å²) in [5, 5.41) is 14.9. The Balaban J connectivity index is 1.84. The first-order valence-electron chi connectivity index (χ1n) is 10.7. The minimum atomic E-state index is -4.16. The van der Waals surface area contributed by atoms with Crippen LogP contribution in [-0.4, -0.2) is 50.5 Å². The maximum absolute atomic E-state index is 13.5. The molecule has 0 unspecified atom stereocenters. The lowest BCUT2D eigenvalue weighted by Crippen LogP contribution is -2.39. The number of sulfonamides is 1. The Morgan fingerprint density at radius 2 is 1.78 bits per heavy atom. The molecule has 0 spiro atoms. The number of nitrogens with zero attached hydrogens (tertiary/aromatic N) is 3. The normalized spacial score (nSPS) is 11.5. The quantitative estimate of drug-likeness (QED) is 0.220. The zero-order valence-corrected chi connectivity index (χ0v) is 21.4. The van der Waals surface area contributed by atoms with Gasteiger partial charge in [0, 0.05) is 35.3 Å². The van der Waals surface area contributed by atoms with Crippen LogP contribution in [0, 0.1) is 10.1 Å². The molecule has 0 aliphatic carbocycles. The Kier molecular flexibility index (Phi) is 9.17. The van der Waals surface area contributed by atoms with Crippen molar-refractivity contribution < 1.29 is 27.6 Å². The smallest absolute Gasteiger partial charge is 0.270 e. The third-order valence-electron chi connectivity index (χ3n) is 5.10. The molecule has 3 aromatic carbocycles. The van der Waals surface area contributed by atoms with Gasteiger partial charge in [-0.3, -0.25) is 14.9 Å². The number of carbonyl (C=O) groups excluding carboxylic acids is 1. The van der Waals surface area contributed by atoms with E-state index in [0.717, 1.165) is 10.5 Å². The summed E-state index contributed by atoms with van der Waals surface area (Å²) in [7, 11) is -1.35. The van der Waals surface area contributed by atoms with Crippen molar-refractivity contribution in [1.29, 1.82) is 0 Å². The second-order valence-corrected chi connectivity index (χ2v) is 9.88. The molecule has 13 heteroatoms. The molecule has 0 saturated heterocycles. The van der Waals surface area contributed by atoms with Gasteiger partial charge in [0.05, 0.1) is 36.8 Å². The van der Waals surface area contributed by atoms with E-state index in [9.17, 15) is 23.3 Å². The van der Waals surface area contributed by atoms with Crippen LogP contribution in [0.1, 0.15) is 11.1 Å². The van der Waals surface area contributed by atoms with Crippen molar-refractivity contribution in [2.45, 2.75) is 11.4 Å². The molecule has 0 saturated carbocycles. The Bertz CT molecular complexity index is 1420. The van der Waals surface area contributed by atoms with Crippen LogP contribution < -0.4 is 14.9 Å². The van der Waals surface area contributed by atoms with Gasteiger partial charge in [-0.25, -0.2) is 13.8 Å². The number of hydrogen-bond donors (Lipinski definition) is 1. The highest BCUT2D eigenvalue weighted by Crippen LogP contribution is 2.31. The molecular weight excluding hydrogens is 524 g/mol. The van der Waals surface area contributed by atoms with Gasteiger partial charge in [0.1, 0.15) is 0 Å². The third-order valence-corrected chi connectivity index (χ3v) is 7.23. The number of carbonyl (C=O) groups is 1. The van der Waals surface area contributed by atoms with E-state index >= 15 is 0 Å². The molecule has 0 aromatic heterocycles. The van der Waals surface area contributed by atoms with Crippen molar-refractivity contribution in [2.75, 3.05) is 20.8 Å². The van der Waals surface area contributed by atoms with Crippen molar-refractivity contribution in [3.05, 3.63) is 93.0 Å². The second kappa shape index (κ2) is 12.3. The Morgan fingerprint density at radius 3 is 2.43 bits per heavy atom. The van der Waals surface area contributed by atoms with Crippen molar-refractivity contribution in [3.63, 3.8) is 0 Å². The highest BCUT2D eigenvalue weighted by atomic mass is 35.5. The summed E-state index contributed by atoms with van der Waals surface area (Å²) in [5.74, 6) is -0.174. The number of nitro groups is 1. The van der Waals surface area contributed by atoms with E-state index < -0.39 is 27.4 Å². The van der Waals surface area contributed by atoms with Gasteiger partial charge in [0.2, 0.25) is 10.0 Å². The summed E-state index contributed by atoms with van der Waals surface area (Å²) in [6.07, 6.45) is 1.14. The van der Waals surface area contributed by atoms with Crippen molar-refractivity contribution in [2.24, 2.45) is 5.10 Å². The molecule has 1 N–H and O–H groups in total. The second-order valence-electron chi connectivity index (χ2n) is 7.53. The summed E-state index contributed by atoms with van der Waals surface area (Å²) in [6, 6.07) is 16.7. The molecular formula is C24H23ClN4O7S. The number of nitrogens with one attached hydrogen (secondary N) is 1. The summed E-state index contributed by atoms with van der Waals surface area (Å²) >= 11 is 6.03. The molecule has 1 amide bonds. The average molecular weight is 547 g/mol. The van der Waals surface area contributed by atoms with Crippen molar-refractivity contribution >= 4 is 39.4 Å². The molecule has 0 atom stereocenters.